The van der Waals surface area contributed by atoms with Crippen LogP contribution in [-0.2, 0) is 5.41 Å². The van der Waals surface area contributed by atoms with Gasteiger partial charge in [0.25, 0.3) is 0 Å². The third-order valence-electron chi connectivity index (χ3n) is 5.79. The third kappa shape index (κ3) is 2.83. The summed E-state index contributed by atoms with van der Waals surface area (Å²) in [5.74, 6) is 0. The Bertz CT molecular complexity index is 1280. The van der Waals surface area contributed by atoms with Crippen molar-refractivity contribution in [1.29, 1.82) is 0 Å². The van der Waals surface area contributed by atoms with Crippen LogP contribution in [0.1, 0.15) is 25.0 Å². The molecule has 28 heavy (non-hydrogen) atoms. The van der Waals surface area contributed by atoms with Gasteiger partial charge in [-0.15, -0.1) is 11.3 Å². The quantitative estimate of drug-likeness (QED) is 0.298. The minimum Gasteiger partial charge on any atom is -0.135 e. The van der Waals surface area contributed by atoms with Crippen molar-refractivity contribution >= 4 is 31.5 Å². The first-order valence-corrected chi connectivity index (χ1v) is 10.5. The van der Waals surface area contributed by atoms with Gasteiger partial charge < -0.3 is 0 Å². The van der Waals surface area contributed by atoms with Gasteiger partial charge in [-0.05, 0) is 40.5 Å². The van der Waals surface area contributed by atoms with Gasteiger partial charge in [0.1, 0.15) is 0 Å². The van der Waals surface area contributed by atoms with Gasteiger partial charge in [-0.3, -0.25) is 0 Å². The molecule has 0 saturated heterocycles. The van der Waals surface area contributed by atoms with Gasteiger partial charge in [0.05, 0.1) is 0 Å². The highest BCUT2D eigenvalue weighted by atomic mass is 32.1. The maximum absolute atomic E-state index is 2.35. The first-order chi connectivity index (χ1) is 13.6. The second-order valence-electron chi connectivity index (χ2n) is 7.88. The first kappa shape index (κ1) is 17.2. The second kappa shape index (κ2) is 6.61. The molecule has 0 radical (unpaired) electrons. The Kier molecular flexibility index (Phi) is 4.07. The van der Waals surface area contributed by atoms with E-state index in [0.29, 0.717) is 0 Å². The summed E-state index contributed by atoms with van der Waals surface area (Å²) in [4.78, 5) is 0. The Hall–Kier alpha value is -2.90. The summed E-state index contributed by atoms with van der Waals surface area (Å²) >= 11 is 1.87. The zero-order chi connectivity index (χ0) is 19.1. The molecule has 0 spiro atoms. The van der Waals surface area contributed by atoms with Crippen molar-refractivity contribution in [3.05, 3.63) is 108 Å². The maximum Gasteiger partial charge on any atom is 0.0355 e. The lowest BCUT2D eigenvalue weighted by Crippen LogP contribution is -2.18. The summed E-state index contributed by atoms with van der Waals surface area (Å²) in [7, 11) is 0. The maximum atomic E-state index is 2.35. The van der Waals surface area contributed by atoms with Crippen molar-refractivity contribution in [2.75, 3.05) is 0 Å². The van der Waals surface area contributed by atoms with E-state index in [1.165, 1.54) is 42.4 Å². The molecule has 0 aliphatic carbocycles. The molecule has 0 aliphatic heterocycles. The predicted octanol–water partition coefficient (Wildman–Crippen LogP) is 8.05. The molecule has 0 fully saturated rings. The van der Waals surface area contributed by atoms with Gasteiger partial charge in [-0.25, -0.2) is 0 Å². The molecular formula is C27H22S. The molecule has 4 aromatic carbocycles. The van der Waals surface area contributed by atoms with E-state index in [-0.39, 0.29) is 5.41 Å². The highest BCUT2D eigenvalue weighted by molar-refractivity contribution is 7.25. The number of fused-ring (bicyclic) bond motifs is 3. The van der Waals surface area contributed by atoms with E-state index in [1.807, 2.05) is 11.3 Å². The van der Waals surface area contributed by atoms with Crippen LogP contribution in [0.5, 0.6) is 0 Å². The lowest BCUT2D eigenvalue weighted by Gasteiger charge is -2.26. The Morgan fingerprint density at radius 1 is 0.536 bits per heavy atom. The Morgan fingerprint density at radius 2 is 1.21 bits per heavy atom. The van der Waals surface area contributed by atoms with Gasteiger partial charge in [-0.2, -0.15) is 0 Å². The molecule has 0 amide bonds. The Balaban J connectivity index is 1.62. The summed E-state index contributed by atoms with van der Waals surface area (Å²) in [5.41, 5.74) is 5.20. The number of benzene rings is 4. The molecule has 0 saturated carbocycles. The predicted molar refractivity (Wildman–Crippen MR) is 123 cm³/mol. The highest BCUT2D eigenvalue weighted by Crippen LogP contribution is 2.38. The van der Waals surface area contributed by atoms with E-state index in [9.17, 15) is 0 Å². The molecule has 5 rings (SSSR count). The largest absolute Gasteiger partial charge is 0.135 e. The van der Waals surface area contributed by atoms with Gasteiger partial charge in [-0.1, -0.05) is 92.7 Å². The average Bonchev–Trinajstić information content (AvgIpc) is 3.12. The molecule has 0 nitrogen and oxygen atoms in total. The lowest BCUT2D eigenvalue weighted by molar-refractivity contribution is 0.641. The topological polar surface area (TPSA) is 0 Å². The number of hydrogen-bond donors (Lipinski definition) is 0. The van der Waals surface area contributed by atoms with Crippen LogP contribution >= 0.6 is 11.3 Å². The molecule has 0 aliphatic rings. The first-order valence-electron chi connectivity index (χ1n) is 9.71. The van der Waals surface area contributed by atoms with E-state index < -0.39 is 0 Å². The average molecular weight is 379 g/mol. The van der Waals surface area contributed by atoms with E-state index >= 15 is 0 Å². The fourth-order valence-corrected chi connectivity index (χ4v) is 5.10. The van der Waals surface area contributed by atoms with E-state index in [1.54, 1.807) is 0 Å². The number of thiophene rings is 1. The summed E-state index contributed by atoms with van der Waals surface area (Å²) in [6, 6.07) is 35.3. The molecule has 1 heteroatoms. The Labute approximate surface area is 170 Å². The normalized spacial score (nSPS) is 11.9. The molecule has 0 atom stereocenters. The van der Waals surface area contributed by atoms with Crippen molar-refractivity contribution in [2.45, 2.75) is 19.3 Å². The fraction of sp³-hybridized carbons (Fsp3) is 0.111. The molecule has 5 aromatic rings. The number of rotatable bonds is 3. The van der Waals surface area contributed by atoms with Gasteiger partial charge >= 0.3 is 0 Å². The van der Waals surface area contributed by atoms with E-state index in [2.05, 4.69) is 111 Å². The van der Waals surface area contributed by atoms with Crippen LogP contribution in [0.4, 0.5) is 0 Å². The second-order valence-corrected chi connectivity index (χ2v) is 8.96. The van der Waals surface area contributed by atoms with E-state index in [4.69, 9.17) is 0 Å². The standard InChI is InChI=1S/C27H22S/c1-27(2,21-10-4-3-5-11-21)22-12-8-9-19(17-22)20-15-16-26-24(18-20)23-13-6-7-14-25(23)28-26/h3-18H,1-2H3. The van der Waals surface area contributed by atoms with Crippen LogP contribution in [0.2, 0.25) is 0 Å². The van der Waals surface area contributed by atoms with Crippen molar-refractivity contribution in [3.8, 4) is 11.1 Å². The van der Waals surface area contributed by atoms with Crippen LogP contribution in [0.15, 0.2) is 97.1 Å². The summed E-state index contributed by atoms with van der Waals surface area (Å²) in [6.45, 7) is 4.61. The van der Waals surface area contributed by atoms with Crippen LogP contribution in [0.25, 0.3) is 31.3 Å². The van der Waals surface area contributed by atoms with Gasteiger partial charge in [0.2, 0.25) is 0 Å². The van der Waals surface area contributed by atoms with Crippen molar-refractivity contribution in [1.82, 2.24) is 0 Å². The molecule has 1 aromatic heterocycles. The zero-order valence-electron chi connectivity index (χ0n) is 16.1. The highest BCUT2D eigenvalue weighted by Gasteiger charge is 2.23. The van der Waals surface area contributed by atoms with Crippen molar-refractivity contribution < 1.29 is 0 Å². The third-order valence-corrected chi connectivity index (χ3v) is 6.94. The van der Waals surface area contributed by atoms with Crippen LogP contribution in [-0.4, -0.2) is 0 Å². The zero-order valence-corrected chi connectivity index (χ0v) is 17.0. The Morgan fingerprint density at radius 3 is 2.07 bits per heavy atom. The minimum atomic E-state index is -0.0313. The van der Waals surface area contributed by atoms with Crippen molar-refractivity contribution in [3.63, 3.8) is 0 Å². The lowest BCUT2D eigenvalue weighted by atomic mass is 9.77. The molecular weight excluding hydrogens is 356 g/mol. The minimum absolute atomic E-state index is 0.0313. The smallest absolute Gasteiger partial charge is 0.0355 e. The van der Waals surface area contributed by atoms with Crippen LogP contribution in [0.3, 0.4) is 0 Å². The summed E-state index contributed by atoms with van der Waals surface area (Å²) in [5, 5.41) is 2.70. The molecule has 136 valence electrons. The molecule has 0 bridgehead atoms. The SMILES string of the molecule is CC(C)(c1ccccc1)c1cccc(-c2ccc3sc4ccccc4c3c2)c1. The van der Waals surface area contributed by atoms with Crippen LogP contribution in [0, 0.1) is 0 Å². The summed E-state index contributed by atoms with van der Waals surface area (Å²) < 4.78 is 2.71. The van der Waals surface area contributed by atoms with Gasteiger partial charge in [0.15, 0.2) is 0 Å². The van der Waals surface area contributed by atoms with Crippen LogP contribution < -0.4 is 0 Å². The molecule has 1 heterocycles. The monoisotopic (exact) mass is 378 g/mol. The number of hydrogen-bond acceptors (Lipinski definition) is 1. The molecule has 0 N–H and O–H groups in total. The summed E-state index contributed by atoms with van der Waals surface area (Å²) in [6.07, 6.45) is 0. The van der Waals surface area contributed by atoms with Gasteiger partial charge in [0, 0.05) is 25.6 Å². The van der Waals surface area contributed by atoms with Crippen molar-refractivity contribution in [2.24, 2.45) is 0 Å². The fourth-order valence-electron chi connectivity index (χ4n) is 4.01. The molecule has 0 unspecified atom stereocenters. The van der Waals surface area contributed by atoms with E-state index in [0.717, 1.165) is 0 Å².